The molecule has 15 heavy (non-hydrogen) atoms. The van der Waals surface area contributed by atoms with Gasteiger partial charge in [0.15, 0.2) is 5.69 Å². The molecule has 1 aromatic heterocycles. The zero-order valence-corrected chi connectivity index (χ0v) is 8.82. The van der Waals surface area contributed by atoms with Gasteiger partial charge in [0, 0.05) is 0 Å². The zero-order valence-electron chi connectivity index (χ0n) is 8.00. The minimum Gasteiger partial charge on any atom is -0.464 e. The number of ether oxygens (including phenoxy) is 1. The summed E-state index contributed by atoms with van der Waals surface area (Å²) in [5.74, 6) is -0.862. The fourth-order valence-corrected chi connectivity index (χ4v) is 1.12. The van der Waals surface area contributed by atoms with Crippen LogP contribution in [0.2, 0.25) is 0 Å². The van der Waals surface area contributed by atoms with Crippen molar-refractivity contribution in [2.75, 3.05) is 13.4 Å². The van der Waals surface area contributed by atoms with Crippen LogP contribution in [0, 0.1) is 0 Å². The van der Waals surface area contributed by atoms with E-state index in [9.17, 15) is 13.2 Å². The third-order valence-corrected chi connectivity index (χ3v) is 1.73. The maximum absolute atomic E-state index is 10.9. The largest absolute Gasteiger partial charge is 0.464 e. The molecule has 0 fully saturated rings. The highest BCUT2D eigenvalue weighted by atomic mass is 32.2. The molecule has 0 aliphatic carbocycles. The second-order valence-corrected chi connectivity index (χ2v) is 4.09. The van der Waals surface area contributed by atoms with Crippen molar-refractivity contribution in [1.29, 1.82) is 0 Å². The number of aromatic nitrogens is 2. The van der Waals surface area contributed by atoms with Crippen molar-refractivity contribution in [2.24, 2.45) is 0 Å². The Morgan fingerprint density at radius 2 is 2.00 bits per heavy atom. The Balaban J connectivity index is 2.86. The first-order valence-corrected chi connectivity index (χ1v) is 5.54. The molecule has 0 N–H and O–H groups in total. The minimum absolute atomic E-state index is 0.0293. The van der Waals surface area contributed by atoms with E-state index in [2.05, 4.69) is 18.9 Å². The van der Waals surface area contributed by atoms with Crippen LogP contribution in [0.1, 0.15) is 10.5 Å². The number of rotatable bonds is 3. The van der Waals surface area contributed by atoms with Gasteiger partial charge < -0.3 is 8.92 Å². The molecule has 1 rings (SSSR count). The first kappa shape index (κ1) is 11.4. The normalized spacial score (nSPS) is 10.8. The van der Waals surface area contributed by atoms with Crippen LogP contribution in [0.4, 0.5) is 0 Å². The van der Waals surface area contributed by atoms with E-state index in [4.69, 9.17) is 0 Å². The summed E-state index contributed by atoms with van der Waals surface area (Å²) >= 11 is 0. The van der Waals surface area contributed by atoms with Crippen molar-refractivity contribution in [2.45, 2.75) is 0 Å². The molecule has 0 unspecified atom stereocenters. The first-order valence-electron chi connectivity index (χ1n) is 3.72. The van der Waals surface area contributed by atoms with Gasteiger partial charge in [-0.3, -0.25) is 0 Å². The lowest BCUT2D eigenvalue weighted by molar-refractivity contribution is 0.0593. The van der Waals surface area contributed by atoms with Crippen LogP contribution in [-0.4, -0.2) is 37.7 Å². The summed E-state index contributed by atoms with van der Waals surface area (Å²) in [5.41, 5.74) is -0.0293. The lowest BCUT2D eigenvalue weighted by Crippen LogP contribution is -2.09. The third-order valence-electron chi connectivity index (χ3n) is 1.26. The van der Waals surface area contributed by atoms with Crippen LogP contribution < -0.4 is 4.18 Å². The fourth-order valence-electron chi connectivity index (χ4n) is 0.724. The van der Waals surface area contributed by atoms with E-state index in [1.54, 1.807) is 0 Å². The van der Waals surface area contributed by atoms with Crippen molar-refractivity contribution in [3.05, 3.63) is 18.1 Å². The zero-order chi connectivity index (χ0) is 11.5. The Morgan fingerprint density at radius 3 is 2.40 bits per heavy atom. The summed E-state index contributed by atoms with van der Waals surface area (Å²) in [6.07, 6.45) is 2.96. The van der Waals surface area contributed by atoms with Crippen LogP contribution in [-0.2, 0) is 14.9 Å². The molecule has 1 heterocycles. The molecule has 0 radical (unpaired) electrons. The number of hydrogen-bond donors (Lipinski definition) is 0. The van der Waals surface area contributed by atoms with Gasteiger partial charge in [-0.05, 0) is 0 Å². The van der Waals surface area contributed by atoms with Gasteiger partial charge in [0.05, 0.1) is 25.8 Å². The Kier molecular flexibility index (Phi) is 3.20. The molecule has 8 heteroatoms. The van der Waals surface area contributed by atoms with Crippen LogP contribution >= 0.6 is 0 Å². The summed E-state index contributed by atoms with van der Waals surface area (Å²) in [5, 5.41) is 0. The maximum Gasteiger partial charge on any atom is 0.358 e. The van der Waals surface area contributed by atoms with Crippen molar-refractivity contribution in [3.8, 4) is 5.88 Å². The van der Waals surface area contributed by atoms with Gasteiger partial charge in [-0.1, -0.05) is 0 Å². The second kappa shape index (κ2) is 4.22. The Labute approximate surface area is 86.2 Å². The Hall–Kier alpha value is -1.70. The molecular formula is C7H8N2O5S. The number of carbonyl (C=O) groups excluding carboxylic acids is 1. The molecule has 0 aliphatic rings. The summed E-state index contributed by atoms with van der Waals surface area (Å²) in [7, 11) is -2.44. The van der Waals surface area contributed by atoms with E-state index in [1.807, 2.05) is 0 Å². The molecule has 0 aliphatic heterocycles. The SMILES string of the molecule is COC(=O)c1cnc(OS(C)(=O)=O)cn1. The molecular weight excluding hydrogens is 224 g/mol. The summed E-state index contributed by atoms with van der Waals surface area (Å²) in [6, 6.07) is 0. The van der Waals surface area contributed by atoms with Gasteiger partial charge in [-0.25, -0.2) is 14.8 Å². The average Bonchev–Trinajstić information content (AvgIpc) is 2.15. The predicted molar refractivity (Wildman–Crippen MR) is 48.8 cm³/mol. The van der Waals surface area contributed by atoms with Crippen molar-refractivity contribution < 1.29 is 22.1 Å². The van der Waals surface area contributed by atoms with Gasteiger partial charge in [0.2, 0.25) is 0 Å². The average molecular weight is 232 g/mol. The topological polar surface area (TPSA) is 95.5 Å². The number of nitrogens with zero attached hydrogens (tertiary/aromatic N) is 2. The Bertz CT molecular complexity index is 453. The Morgan fingerprint density at radius 1 is 1.33 bits per heavy atom. The smallest absolute Gasteiger partial charge is 0.358 e. The summed E-state index contributed by atoms with van der Waals surface area (Å²) in [6.45, 7) is 0. The standard InChI is InChI=1S/C7H8N2O5S/c1-13-7(10)5-3-9-6(4-8-5)14-15(2,11)12/h3-4H,1-2H3. The first-order chi connectivity index (χ1) is 6.92. The molecule has 0 saturated carbocycles. The predicted octanol–water partition coefficient (Wildman–Crippen LogP) is -0.398. The molecule has 0 aromatic carbocycles. The summed E-state index contributed by atoms with van der Waals surface area (Å²) in [4.78, 5) is 18.1. The highest BCUT2D eigenvalue weighted by Gasteiger charge is 2.10. The number of carbonyl (C=O) groups is 1. The van der Waals surface area contributed by atoms with E-state index in [0.29, 0.717) is 0 Å². The molecule has 82 valence electrons. The van der Waals surface area contributed by atoms with Crippen molar-refractivity contribution >= 4 is 16.1 Å². The number of esters is 1. The van der Waals surface area contributed by atoms with Crippen LogP contribution in [0.5, 0.6) is 5.88 Å². The highest BCUT2D eigenvalue weighted by Crippen LogP contribution is 2.06. The van der Waals surface area contributed by atoms with Gasteiger partial charge in [-0.2, -0.15) is 8.42 Å². The van der Waals surface area contributed by atoms with E-state index in [1.165, 1.54) is 7.11 Å². The van der Waals surface area contributed by atoms with Gasteiger partial charge in [0.25, 0.3) is 5.88 Å². The van der Waals surface area contributed by atoms with E-state index in [-0.39, 0.29) is 11.6 Å². The van der Waals surface area contributed by atoms with E-state index < -0.39 is 16.1 Å². The molecule has 0 saturated heterocycles. The lowest BCUT2D eigenvalue weighted by Gasteiger charge is -2.01. The molecule has 0 bridgehead atoms. The molecule has 7 nitrogen and oxygen atoms in total. The van der Waals surface area contributed by atoms with Gasteiger partial charge >= 0.3 is 16.1 Å². The summed E-state index contributed by atoms with van der Waals surface area (Å²) < 4.78 is 30.2. The molecule has 0 amide bonds. The maximum atomic E-state index is 10.9. The van der Waals surface area contributed by atoms with Crippen molar-refractivity contribution in [1.82, 2.24) is 9.97 Å². The van der Waals surface area contributed by atoms with Crippen LogP contribution in [0.15, 0.2) is 12.4 Å². The lowest BCUT2D eigenvalue weighted by atomic mass is 10.5. The monoisotopic (exact) mass is 232 g/mol. The third kappa shape index (κ3) is 3.50. The van der Waals surface area contributed by atoms with E-state index in [0.717, 1.165) is 18.6 Å². The molecule has 1 aromatic rings. The second-order valence-electron chi connectivity index (χ2n) is 2.52. The highest BCUT2D eigenvalue weighted by molar-refractivity contribution is 7.86. The van der Waals surface area contributed by atoms with Crippen LogP contribution in [0.25, 0.3) is 0 Å². The molecule has 0 spiro atoms. The van der Waals surface area contributed by atoms with Gasteiger partial charge in [0.1, 0.15) is 0 Å². The number of hydrogen-bond acceptors (Lipinski definition) is 7. The van der Waals surface area contributed by atoms with Crippen LogP contribution in [0.3, 0.4) is 0 Å². The minimum atomic E-state index is -3.63. The fraction of sp³-hybridized carbons (Fsp3) is 0.286. The quantitative estimate of drug-likeness (QED) is 0.516. The van der Waals surface area contributed by atoms with Crippen molar-refractivity contribution in [3.63, 3.8) is 0 Å². The number of methoxy groups -OCH3 is 1. The van der Waals surface area contributed by atoms with Gasteiger partial charge in [-0.15, -0.1) is 0 Å². The molecule has 0 atom stereocenters. The van der Waals surface area contributed by atoms with E-state index >= 15 is 0 Å².